The van der Waals surface area contributed by atoms with Crippen LogP contribution in [-0.2, 0) is 27.1 Å². The number of alkyl carbamates (subject to hydrolysis) is 1. The number of carbonyl (C=O) groups is 2. The van der Waals surface area contributed by atoms with E-state index in [9.17, 15) is 19.1 Å². The lowest BCUT2D eigenvalue weighted by Crippen LogP contribution is -2.56. The highest BCUT2D eigenvalue weighted by Gasteiger charge is 2.40. The molecule has 0 aromatic heterocycles. The highest BCUT2D eigenvalue weighted by atomic mass is 19.1. The molecule has 7 nitrogen and oxygen atoms in total. The van der Waals surface area contributed by atoms with Crippen molar-refractivity contribution in [2.75, 3.05) is 13.2 Å². The average Bonchev–Trinajstić information content (AvgIpc) is 2.80. The Kier molecular flexibility index (Phi) is 7.42. The van der Waals surface area contributed by atoms with Gasteiger partial charge in [0.2, 0.25) is 0 Å². The minimum atomic E-state index is -0.946. The van der Waals surface area contributed by atoms with E-state index in [4.69, 9.17) is 9.47 Å². The first-order valence-electron chi connectivity index (χ1n) is 12.0. The maximum Gasteiger partial charge on any atom is 0.408 e. The van der Waals surface area contributed by atoms with E-state index in [0.29, 0.717) is 13.0 Å². The number of carbonyl (C=O) groups excluding carboxylic acids is 2. The first-order chi connectivity index (χ1) is 16.6. The van der Waals surface area contributed by atoms with E-state index in [2.05, 4.69) is 11.4 Å². The molecule has 2 N–H and O–H groups in total. The van der Waals surface area contributed by atoms with Crippen LogP contribution in [0.3, 0.4) is 0 Å². The van der Waals surface area contributed by atoms with Gasteiger partial charge in [-0.3, -0.25) is 4.79 Å². The first kappa shape index (κ1) is 25.1. The molecule has 2 heterocycles. The molecule has 188 valence electrons. The zero-order valence-electron chi connectivity index (χ0n) is 20.4. The number of fused-ring (bicyclic) bond motifs is 1. The lowest BCUT2D eigenvalue weighted by Gasteiger charge is -2.41. The fourth-order valence-corrected chi connectivity index (χ4v) is 4.72. The molecule has 4 atom stereocenters. The molecule has 1 saturated heterocycles. The van der Waals surface area contributed by atoms with Crippen molar-refractivity contribution in [2.24, 2.45) is 0 Å². The van der Waals surface area contributed by atoms with Crippen molar-refractivity contribution in [1.82, 2.24) is 10.2 Å². The SMILES string of the molecule is CC(C)(C)OC(=O)N[C@@H]1CO[C@@H](C(=O)N2CCc3ccccc3[C@@H]2Cc2ccc(F)cc2)C[C@@H]1O. The summed E-state index contributed by atoms with van der Waals surface area (Å²) in [4.78, 5) is 27.5. The molecule has 8 heteroatoms. The van der Waals surface area contributed by atoms with Crippen molar-refractivity contribution in [3.8, 4) is 0 Å². The molecule has 2 aromatic carbocycles. The number of hydrogen-bond acceptors (Lipinski definition) is 5. The molecule has 35 heavy (non-hydrogen) atoms. The zero-order valence-corrected chi connectivity index (χ0v) is 20.4. The standard InChI is InChI=1S/C27H33FN2O5/c1-27(2,3)35-26(33)29-21-16-34-24(15-23(21)31)25(32)30-13-12-18-6-4-5-7-20(18)22(30)14-17-8-10-19(28)11-9-17/h4-11,21-24,31H,12-16H2,1-3H3,(H,29,33)/t21-,22+,23+,24-/m1/s1. The summed E-state index contributed by atoms with van der Waals surface area (Å²) in [6.45, 7) is 5.80. The monoisotopic (exact) mass is 484 g/mol. The predicted molar refractivity (Wildman–Crippen MR) is 128 cm³/mol. The number of aliphatic hydroxyl groups excluding tert-OH is 1. The fraction of sp³-hybridized carbons (Fsp3) is 0.481. The molecule has 2 aliphatic rings. The number of nitrogens with one attached hydrogen (secondary N) is 1. The molecule has 2 amide bonds. The van der Waals surface area contributed by atoms with Crippen LogP contribution in [0.25, 0.3) is 0 Å². The normalized spacial score (nSPS) is 24.4. The smallest absolute Gasteiger partial charge is 0.408 e. The summed E-state index contributed by atoms with van der Waals surface area (Å²) in [5.74, 6) is -0.494. The molecule has 2 aromatic rings. The van der Waals surface area contributed by atoms with E-state index in [0.717, 1.165) is 17.5 Å². The zero-order chi connectivity index (χ0) is 25.2. The number of amides is 2. The summed E-state index contributed by atoms with van der Waals surface area (Å²) < 4.78 is 24.5. The van der Waals surface area contributed by atoms with Gasteiger partial charge in [-0.1, -0.05) is 36.4 Å². The van der Waals surface area contributed by atoms with Crippen molar-refractivity contribution < 1.29 is 28.6 Å². The van der Waals surface area contributed by atoms with Gasteiger partial charge in [-0.2, -0.15) is 0 Å². The van der Waals surface area contributed by atoms with Crippen molar-refractivity contribution >= 4 is 12.0 Å². The maximum atomic E-state index is 13.6. The second-order valence-corrected chi connectivity index (χ2v) is 10.2. The van der Waals surface area contributed by atoms with E-state index < -0.39 is 29.9 Å². The van der Waals surface area contributed by atoms with E-state index in [1.807, 2.05) is 23.1 Å². The summed E-state index contributed by atoms with van der Waals surface area (Å²) in [5.41, 5.74) is 2.52. The van der Waals surface area contributed by atoms with Crippen LogP contribution in [0.15, 0.2) is 48.5 Å². The Labute approximate surface area is 205 Å². The van der Waals surface area contributed by atoms with Crippen LogP contribution in [0, 0.1) is 5.82 Å². The lowest BCUT2D eigenvalue weighted by atomic mass is 9.88. The molecule has 4 rings (SSSR count). The third kappa shape index (κ3) is 6.18. The third-order valence-corrected chi connectivity index (χ3v) is 6.41. The van der Waals surface area contributed by atoms with Crippen LogP contribution in [0.1, 0.15) is 49.9 Å². The molecule has 2 aliphatic heterocycles. The van der Waals surface area contributed by atoms with Crippen molar-refractivity contribution in [1.29, 1.82) is 0 Å². The van der Waals surface area contributed by atoms with Crippen LogP contribution >= 0.6 is 0 Å². The number of nitrogens with zero attached hydrogens (tertiary/aromatic N) is 1. The van der Waals surface area contributed by atoms with Crippen molar-refractivity contribution in [3.05, 3.63) is 71.0 Å². The Morgan fingerprint density at radius 2 is 1.89 bits per heavy atom. The molecule has 0 aliphatic carbocycles. The van der Waals surface area contributed by atoms with E-state index >= 15 is 0 Å². The van der Waals surface area contributed by atoms with Gasteiger partial charge in [0.15, 0.2) is 0 Å². The summed E-state index contributed by atoms with van der Waals surface area (Å²) in [6.07, 6.45) is -1.07. The molecular formula is C27H33FN2O5. The maximum absolute atomic E-state index is 13.6. The molecule has 0 unspecified atom stereocenters. The number of ether oxygens (including phenoxy) is 2. The van der Waals surface area contributed by atoms with Crippen molar-refractivity contribution in [2.45, 2.75) is 69.9 Å². The number of hydrogen-bond donors (Lipinski definition) is 2. The number of rotatable bonds is 4. The predicted octanol–water partition coefficient (Wildman–Crippen LogP) is 3.54. The Hall–Kier alpha value is -2.97. The van der Waals surface area contributed by atoms with Gasteiger partial charge in [-0.05, 0) is 62.4 Å². The second-order valence-electron chi connectivity index (χ2n) is 10.2. The van der Waals surface area contributed by atoms with Gasteiger partial charge in [0, 0.05) is 13.0 Å². The second kappa shape index (κ2) is 10.3. The first-order valence-corrected chi connectivity index (χ1v) is 12.0. The summed E-state index contributed by atoms with van der Waals surface area (Å²) in [6, 6.07) is 13.5. The van der Waals surface area contributed by atoms with Gasteiger partial charge in [-0.25, -0.2) is 9.18 Å². The number of benzene rings is 2. The van der Waals surface area contributed by atoms with Gasteiger partial charge < -0.3 is 24.8 Å². The molecule has 0 saturated carbocycles. The van der Waals surface area contributed by atoms with Crippen LogP contribution in [-0.4, -0.2) is 59.0 Å². The molecular weight excluding hydrogens is 451 g/mol. The summed E-state index contributed by atoms with van der Waals surface area (Å²) in [5, 5.41) is 13.3. The van der Waals surface area contributed by atoms with E-state index in [1.165, 1.54) is 17.7 Å². The summed E-state index contributed by atoms with van der Waals surface area (Å²) in [7, 11) is 0. The quantitative estimate of drug-likeness (QED) is 0.693. The number of halogens is 1. The molecule has 1 fully saturated rings. The van der Waals surface area contributed by atoms with Gasteiger partial charge in [0.1, 0.15) is 17.5 Å². The summed E-state index contributed by atoms with van der Waals surface area (Å²) >= 11 is 0. The van der Waals surface area contributed by atoms with Crippen LogP contribution in [0.4, 0.5) is 9.18 Å². The van der Waals surface area contributed by atoms with Gasteiger partial charge in [0.05, 0.1) is 24.8 Å². The van der Waals surface area contributed by atoms with E-state index in [1.54, 1.807) is 32.9 Å². The van der Waals surface area contributed by atoms with Gasteiger partial charge >= 0.3 is 6.09 Å². The number of aliphatic hydroxyl groups is 1. The van der Waals surface area contributed by atoms with Gasteiger partial charge in [0.25, 0.3) is 5.91 Å². The average molecular weight is 485 g/mol. The van der Waals surface area contributed by atoms with Crippen molar-refractivity contribution in [3.63, 3.8) is 0 Å². The Bertz CT molecular complexity index is 1050. The molecule has 0 spiro atoms. The Morgan fingerprint density at radius 3 is 2.57 bits per heavy atom. The minimum Gasteiger partial charge on any atom is -0.444 e. The van der Waals surface area contributed by atoms with Gasteiger partial charge in [-0.15, -0.1) is 0 Å². The third-order valence-electron chi connectivity index (χ3n) is 6.41. The fourth-order valence-electron chi connectivity index (χ4n) is 4.72. The highest BCUT2D eigenvalue weighted by Crippen LogP contribution is 2.34. The largest absolute Gasteiger partial charge is 0.444 e. The lowest BCUT2D eigenvalue weighted by molar-refractivity contribution is -0.155. The van der Waals surface area contributed by atoms with Crippen LogP contribution in [0.2, 0.25) is 0 Å². The Balaban J connectivity index is 1.46. The minimum absolute atomic E-state index is 0.00384. The topological polar surface area (TPSA) is 88.1 Å². The molecule has 0 radical (unpaired) electrons. The van der Waals surface area contributed by atoms with E-state index in [-0.39, 0.29) is 30.8 Å². The van der Waals surface area contributed by atoms with Crippen LogP contribution < -0.4 is 5.32 Å². The highest BCUT2D eigenvalue weighted by molar-refractivity contribution is 5.82. The molecule has 0 bridgehead atoms. The van der Waals surface area contributed by atoms with Crippen LogP contribution in [0.5, 0.6) is 0 Å². The Morgan fingerprint density at radius 1 is 1.17 bits per heavy atom.